The standard InChI is InChI=1S/C16H12BrClN2/c17-9-14-15(18)7-4-8-16(14)20-11-13(10-19-20)12-5-2-1-3-6-12/h1-8,10-11H,9H2. The van der Waals surface area contributed by atoms with Crippen LogP contribution in [0, 0.1) is 0 Å². The van der Waals surface area contributed by atoms with Crippen molar-refractivity contribution in [2.45, 2.75) is 5.33 Å². The van der Waals surface area contributed by atoms with Crippen molar-refractivity contribution in [1.82, 2.24) is 9.78 Å². The van der Waals surface area contributed by atoms with Crippen LogP contribution in [0.5, 0.6) is 0 Å². The van der Waals surface area contributed by atoms with Crippen molar-refractivity contribution in [3.8, 4) is 16.8 Å². The van der Waals surface area contributed by atoms with Crippen molar-refractivity contribution < 1.29 is 0 Å². The number of rotatable bonds is 3. The molecule has 100 valence electrons. The monoisotopic (exact) mass is 346 g/mol. The molecule has 0 N–H and O–H groups in total. The van der Waals surface area contributed by atoms with Crippen LogP contribution < -0.4 is 0 Å². The molecule has 20 heavy (non-hydrogen) atoms. The van der Waals surface area contributed by atoms with E-state index in [2.05, 4.69) is 33.2 Å². The van der Waals surface area contributed by atoms with Crippen LogP contribution in [0.1, 0.15) is 5.56 Å². The second kappa shape index (κ2) is 5.81. The smallest absolute Gasteiger partial charge is 0.0701 e. The molecule has 2 nitrogen and oxygen atoms in total. The first-order chi connectivity index (χ1) is 9.79. The minimum Gasteiger partial charge on any atom is -0.240 e. The van der Waals surface area contributed by atoms with E-state index in [9.17, 15) is 0 Å². The van der Waals surface area contributed by atoms with Gasteiger partial charge in [0.25, 0.3) is 0 Å². The topological polar surface area (TPSA) is 17.8 Å². The lowest BCUT2D eigenvalue weighted by Crippen LogP contribution is -1.99. The van der Waals surface area contributed by atoms with Gasteiger partial charge in [-0.2, -0.15) is 5.10 Å². The highest BCUT2D eigenvalue weighted by molar-refractivity contribution is 9.08. The second-order valence-electron chi connectivity index (χ2n) is 4.41. The Labute approximate surface area is 131 Å². The van der Waals surface area contributed by atoms with Crippen LogP contribution >= 0.6 is 27.5 Å². The van der Waals surface area contributed by atoms with Crippen LogP contribution in [0.2, 0.25) is 5.02 Å². The maximum Gasteiger partial charge on any atom is 0.0701 e. The maximum atomic E-state index is 6.23. The Bertz CT molecular complexity index is 722. The van der Waals surface area contributed by atoms with E-state index in [1.807, 2.05) is 53.5 Å². The summed E-state index contributed by atoms with van der Waals surface area (Å²) in [5.74, 6) is 0. The van der Waals surface area contributed by atoms with Crippen LogP contribution in [-0.2, 0) is 5.33 Å². The third-order valence-electron chi connectivity index (χ3n) is 3.16. The van der Waals surface area contributed by atoms with E-state index in [0.717, 1.165) is 27.4 Å². The van der Waals surface area contributed by atoms with Crippen molar-refractivity contribution in [3.05, 3.63) is 71.5 Å². The first-order valence-corrected chi connectivity index (χ1v) is 7.73. The number of benzene rings is 2. The lowest BCUT2D eigenvalue weighted by molar-refractivity contribution is 0.872. The van der Waals surface area contributed by atoms with Gasteiger partial charge in [-0.05, 0) is 17.7 Å². The Morgan fingerprint density at radius 1 is 1.00 bits per heavy atom. The Balaban J connectivity index is 2.05. The van der Waals surface area contributed by atoms with Crippen LogP contribution in [0.4, 0.5) is 0 Å². The van der Waals surface area contributed by atoms with Gasteiger partial charge < -0.3 is 0 Å². The lowest BCUT2D eigenvalue weighted by atomic mass is 10.1. The molecule has 0 aliphatic heterocycles. The Hall–Kier alpha value is -1.58. The molecule has 3 aromatic rings. The molecule has 4 heteroatoms. The first kappa shape index (κ1) is 13.4. The number of alkyl halides is 1. The lowest BCUT2D eigenvalue weighted by Gasteiger charge is -2.08. The summed E-state index contributed by atoms with van der Waals surface area (Å²) in [7, 11) is 0. The number of hydrogen-bond acceptors (Lipinski definition) is 1. The molecule has 0 bridgehead atoms. The molecule has 3 rings (SSSR count). The summed E-state index contributed by atoms with van der Waals surface area (Å²) in [5.41, 5.74) is 4.28. The molecule has 0 amide bonds. The molecule has 0 unspecified atom stereocenters. The minimum atomic E-state index is 0.697. The summed E-state index contributed by atoms with van der Waals surface area (Å²) in [5, 5.41) is 5.89. The van der Waals surface area contributed by atoms with Gasteiger partial charge in [0.1, 0.15) is 0 Å². The normalized spacial score (nSPS) is 10.7. The summed E-state index contributed by atoms with van der Waals surface area (Å²) < 4.78 is 1.87. The molecular weight excluding hydrogens is 336 g/mol. The Kier molecular flexibility index (Phi) is 3.90. The van der Waals surface area contributed by atoms with Gasteiger partial charge in [-0.25, -0.2) is 4.68 Å². The average molecular weight is 348 g/mol. The summed E-state index contributed by atoms with van der Waals surface area (Å²) in [6, 6.07) is 16.1. The highest BCUT2D eigenvalue weighted by Crippen LogP contribution is 2.27. The SMILES string of the molecule is Clc1cccc(-n2cc(-c3ccccc3)cn2)c1CBr. The molecule has 0 saturated carbocycles. The third kappa shape index (κ3) is 2.51. The molecule has 0 aliphatic rings. The largest absolute Gasteiger partial charge is 0.240 e. The van der Waals surface area contributed by atoms with E-state index < -0.39 is 0 Å². The van der Waals surface area contributed by atoms with Gasteiger partial charge in [-0.3, -0.25) is 0 Å². The van der Waals surface area contributed by atoms with Gasteiger partial charge in [0.05, 0.1) is 11.9 Å². The maximum absolute atomic E-state index is 6.23. The molecule has 0 atom stereocenters. The van der Waals surface area contributed by atoms with E-state index in [1.54, 1.807) is 0 Å². The molecule has 0 saturated heterocycles. The molecule has 2 aromatic carbocycles. The first-order valence-electron chi connectivity index (χ1n) is 6.23. The van der Waals surface area contributed by atoms with Crippen molar-refractivity contribution >= 4 is 27.5 Å². The fourth-order valence-corrected chi connectivity index (χ4v) is 3.12. The van der Waals surface area contributed by atoms with Crippen molar-refractivity contribution in [2.75, 3.05) is 0 Å². The van der Waals surface area contributed by atoms with E-state index in [-0.39, 0.29) is 0 Å². The van der Waals surface area contributed by atoms with Crippen molar-refractivity contribution in [1.29, 1.82) is 0 Å². The summed E-state index contributed by atoms with van der Waals surface area (Å²) in [6.07, 6.45) is 3.89. The zero-order valence-corrected chi connectivity index (χ0v) is 13.0. The highest BCUT2D eigenvalue weighted by atomic mass is 79.9. The Morgan fingerprint density at radius 2 is 1.80 bits per heavy atom. The Morgan fingerprint density at radius 3 is 2.55 bits per heavy atom. The zero-order chi connectivity index (χ0) is 13.9. The van der Waals surface area contributed by atoms with Crippen LogP contribution in [0.3, 0.4) is 0 Å². The molecule has 0 radical (unpaired) electrons. The zero-order valence-electron chi connectivity index (χ0n) is 10.6. The second-order valence-corrected chi connectivity index (χ2v) is 5.38. The number of hydrogen-bond donors (Lipinski definition) is 0. The fourth-order valence-electron chi connectivity index (χ4n) is 2.13. The molecule has 0 fully saturated rings. The van der Waals surface area contributed by atoms with Crippen LogP contribution in [0.25, 0.3) is 16.8 Å². The summed E-state index contributed by atoms with van der Waals surface area (Å²) in [6.45, 7) is 0. The van der Waals surface area contributed by atoms with Crippen molar-refractivity contribution in [3.63, 3.8) is 0 Å². The number of aromatic nitrogens is 2. The fraction of sp³-hybridized carbons (Fsp3) is 0.0625. The summed E-state index contributed by atoms with van der Waals surface area (Å²) >= 11 is 9.71. The van der Waals surface area contributed by atoms with Gasteiger partial charge >= 0.3 is 0 Å². The van der Waals surface area contributed by atoms with Crippen LogP contribution in [0.15, 0.2) is 60.9 Å². The predicted molar refractivity (Wildman–Crippen MR) is 86.6 cm³/mol. The molecule has 0 aliphatic carbocycles. The summed E-state index contributed by atoms with van der Waals surface area (Å²) in [4.78, 5) is 0. The van der Waals surface area contributed by atoms with Gasteiger partial charge in [-0.15, -0.1) is 0 Å². The highest BCUT2D eigenvalue weighted by Gasteiger charge is 2.09. The quantitative estimate of drug-likeness (QED) is 0.604. The molecule has 0 spiro atoms. The molecule has 1 aromatic heterocycles. The molecular formula is C16H12BrClN2. The number of nitrogens with zero attached hydrogens (tertiary/aromatic N) is 2. The van der Waals surface area contributed by atoms with E-state index in [4.69, 9.17) is 11.6 Å². The van der Waals surface area contributed by atoms with E-state index in [0.29, 0.717) is 5.33 Å². The van der Waals surface area contributed by atoms with Gasteiger partial charge in [0.2, 0.25) is 0 Å². The van der Waals surface area contributed by atoms with Gasteiger partial charge in [0, 0.05) is 27.7 Å². The van der Waals surface area contributed by atoms with Crippen molar-refractivity contribution in [2.24, 2.45) is 0 Å². The molecule has 1 heterocycles. The predicted octanol–water partition coefficient (Wildman–Crippen LogP) is 5.09. The van der Waals surface area contributed by atoms with E-state index >= 15 is 0 Å². The van der Waals surface area contributed by atoms with Gasteiger partial charge in [0.15, 0.2) is 0 Å². The van der Waals surface area contributed by atoms with Crippen LogP contribution in [-0.4, -0.2) is 9.78 Å². The number of halogens is 2. The third-order valence-corrected chi connectivity index (χ3v) is 4.08. The van der Waals surface area contributed by atoms with Gasteiger partial charge in [-0.1, -0.05) is 63.9 Å². The van der Waals surface area contributed by atoms with E-state index in [1.165, 1.54) is 0 Å². The average Bonchev–Trinajstić information content (AvgIpc) is 2.97. The minimum absolute atomic E-state index is 0.697.